The van der Waals surface area contributed by atoms with Crippen molar-refractivity contribution in [3.8, 4) is 0 Å². The van der Waals surface area contributed by atoms with Crippen LogP contribution >= 0.6 is 0 Å². The van der Waals surface area contributed by atoms with Crippen molar-refractivity contribution in [2.45, 2.75) is 38.3 Å². The van der Waals surface area contributed by atoms with Crippen LogP contribution in [0.3, 0.4) is 0 Å². The Morgan fingerprint density at radius 2 is 1.90 bits per heavy atom. The molecule has 3 fully saturated rings. The molecule has 0 aromatic heterocycles. The second kappa shape index (κ2) is 11.4. The topological polar surface area (TPSA) is 50.9 Å². The Bertz CT molecular complexity index is 676. The maximum Gasteiger partial charge on any atom is 0.220 e. The lowest BCUT2D eigenvalue weighted by Gasteiger charge is -2.46. The van der Waals surface area contributed by atoms with Crippen molar-refractivity contribution in [3.63, 3.8) is 0 Å². The van der Waals surface area contributed by atoms with E-state index in [0.717, 1.165) is 77.0 Å². The van der Waals surface area contributed by atoms with Crippen LogP contribution < -0.4 is 10.6 Å². The molecule has 1 amide bonds. The highest BCUT2D eigenvalue weighted by atomic mass is 16.1. The summed E-state index contributed by atoms with van der Waals surface area (Å²) in [5.41, 5.74) is 1.42. The zero-order valence-corrected chi connectivity index (χ0v) is 19.3. The van der Waals surface area contributed by atoms with Gasteiger partial charge in [-0.25, -0.2) is 0 Å². The van der Waals surface area contributed by atoms with Crippen LogP contribution in [0.1, 0.15) is 31.2 Å². The summed E-state index contributed by atoms with van der Waals surface area (Å²) in [6.45, 7) is 10.8. The second-order valence-electron chi connectivity index (χ2n) is 9.94. The third-order valence-corrected chi connectivity index (χ3v) is 7.40. The minimum atomic E-state index is 0.220. The zero-order valence-electron chi connectivity index (χ0n) is 19.3. The Kier molecular flexibility index (Phi) is 8.36. The van der Waals surface area contributed by atoms with E-state index >= 15 is 0 Å². The molecule has 2 bridgehead atoms. The monoisotopic (exact) mass is 427 g/mol. The minimum Gasteiger partial charge on any atom is -0.355 e. The van der Waals surface area contributed by atoms with Gasteiger partial charge in [0.15, 0.2) is 0 Å². The molecule has 1 aromatic rings. The third kappa shape index (κ3) is 7.01. The third-order valence-electron chi connectivity index (χ3n) is 7.40. The van der Waals surface area contributed by atoms with Crippen LogP contribution in [0.25, 0.3) is 0 Å². The van der Waals surface area contributed by atoms with E-state index < -0.39 is 0 Å². The number of likely N-dealkylation sites (N-methyl/N-ethyl adjacent to an activating group) is 1. The summed E-state index contributed by atoms with van der Waals surface area (Å²) < 4.78 is 0. The number of hydrogen-bond donors (Lipinski definition) is 2. The van der Waals surface area contributed by atoms with Gasteiger partial charge in [0.1, 0.15) is 0 Å². The minimum absolute atomic E-state index is 0.220. The van der Waals surface area contributed by atoms with Gasteiger partial charge in [-0.15, -0.1) is 0 Å². The van der Waals surface area contributed by atoms with Crippen molar-refractivity contribution in [2.75, 3.05) is 66.0 Å². The zero-order chi connectivity index (χ0) is 21.5. The van der Waals surface area contributed by atoms with E-state index in [1.165, 1.54) is 25.1 Å². The Hall–Kier alpha value is -1.47. The first-order valence-electron chi connectivity index (χ1n) is 12.3. The Balaban J connectivity index is 1.12. The molecule has 2 N–H and O–H groups in total. The van der Waals surface area contributed by atoms with Gasteiger partial charge in [0.05, 0.1) is 0 Å². The number of likely N-dealkylation sites (tertiary alicyclic amines) is 1. The van der Waals surface area contributed by atoms with Crippen molar-refractivity contribution in [3.05, 3.63) is 35.9 Å². The average molecular weight is 428 g/mol. The predicted octanol–water partition coefficient (Wildman–Crippen LogP) is 1.63. The fourth-order valence-corrected chi connectivity index (χ4v) is 5.58. The van der Waals surface area contributed by atoms with Crippen LogP contribution in [-0.4, -0.2) is 92.6 Å². The summed E-state index contributed by atoms with van der Waals surface area (Å²) in [5.74, 6) is 1.71. The lowest BCUT2D eigenvalue weighted by Crippen LogP contribution is -2.55. The largest absolute Gasteiger partial charge is 0.355 e. The highest BCUT2D eigenvalue weighted by Crippen LogP contribution is 2.31. The Morgan fingerprint density at radius 1 is 1.10 bits per heavy atom. The molecule has 3 heterocycles. The maximum atomic E-state index is 12.3. The highest BCUT2D eigenvalue weighted by molar-refractivity contribution is 5.75. The van der Waals surface area contributed by atoms with E-state index in [4.69, 9.17) is 0 Å². The first-order valence-corrected chi connectivity index (χ1v) is 12.3. The van der Waals surface area contributed by atoms with E-state index in [1.807, 2.05) is 0 Å². The molecule has 6 heteroatoms. The number of benzene rings is 1. The first kappa shape index (κ1) is 22.7. The Labute approximate surface area is 188 Å². The summed E-state index contributed by atoms with van der Waals surface area (Å²) >= 11 is 0. The number of rotatable bonds is 9. The van der Waals surface area contributed by atoms with Crippen LogP contribution in [-0.2, 0) is 11.3 Å². The van der Waals surface area contributed by atoms with Crippen LogP contribution in [0.4, 0.5) is 0 Å². The standard InChI is InChI=1S/C25H41N5O/c1-28-12-14-29(15-13-28)11-10-26-25(31)9-5-8-24-23-16-22(17-27-24)19-30(20-23)18-21-6-3-2-4-7-21/h2-4,6-7,22-24,27H,5,8-20H2,1H3,(H,26,31)/t22-,23-,24+/m0/s1. The molecule has 0 aliphatic carbocycles. The summed E-state index contributed by atoms with van der Waals surface area (Å²) in [6, 6.07) is 11.4. The molecule has 4 rings (SSSR count). The average Bonchev–Trinajstić information content (AvgIpc) is 2.77. The summed E-state index contributed by atoms with van der Waals surface area (Å²) in [6.07, 6.45) is 4.10. The van der Waals surface area contributed by atoms with Gasteiger partial charge < -0.3 is 15.5 Å². The van der Waals surface area contributed by atoms with Gasteiger partial charge in [-0.2, -0.15) is 0 Å². The highest BCUT2D eigenvalue weighted by Gasteiger charge is 2.36. The summed E-state index contributed by atoms with van der Waals surface area (Å²) in [7, 11) is 2.18. The molecule has 1 aromatic carbocycles. The normalized spacial score (nSPS) is 27.8. The molecular formula is C25H41N5O. The van der Waals surface area contributed by atoms with Crippen molar-refractivity contribution in [2.24, 2.45) is 11.8 Å². The lowest BCUT2D eigenvalue weighted by molar-refractivity contribution is -0.121. The van der Waals surface area contributed by atoms with Gasteiger partial charge in [-0.1, -0.05) is 30.3 Å². The van der Waals surface area contributed by atoms with Gasteiger partial charge in [-0.05, 0) is 50.3 Å². The molecular weight excluding hydrogens is 386 g/mol. The van der Waals surface area contributed by atoms with E-state index in [9.17, 15) is 4.79 Å². The molecule has 3 aliphatic rings. The number of piperazine rings is 1. The summed E-state index contributed by atoms with van der Waals surface area (Å²) in [4.78, 5) is 19.7. The number of nitrogens with zero attached hydrogens (tertiary/aromatic N) is 3. The molecule has 172 valence electrons. The molecule has 6 nitrogen and oxygen atoms in total. The van der Waals surface area contributed by atoms with E-state index in [1.54, 1.807) is 0 Å². The number of nitrogens with one attached hydrogen (secondary N) is 2. The number of hydrogen-bond acceptors (Lipinski definition) is 5. The van der Waals surface area contributed by atoms with E-state index in [2.05, 4.69) is 62.7 Å². The molecule has 0 radical (unpaired) electrons. The van der Waals surface area contributed by atoms with Crippen molar-refractivity contribution in [1.29, 1.82) is 0 Å². The van der Waals surface area contributed by atoms with Crippen molar-refractivity contribution >= 4 is 5.91 Å². The van der Waals surface area contributed by atoms with Gasteiger partial charge in [0.25, 0.3) is 0 Å². The SMILES string of the molecule is CN1CCN(CCNC(=O)CCC[C@H]2NC[C@@H]3C[C@H]2CN(Cc2ccccc2)C3)CC1. The molecule has 0 saturated carbocycles. The number of carbonyl (C=O) groups is 1. The number of carbonyl (C=O) groups excluding carboxylic acids is 1. The van der Waals surface area contributed by atoms with E-state index in [0.29, 0.717) is 12.5 Å². The Morgan fingerprint density at radius 3 is 2.71 bits per heavy atom. The first-order chi connectivity index (χ1) is 15.2. The lowest BCUT2D eigenvalue weighted by atomic mass is 9.79. The second-order valence-corrected chi connectivity index (χ2v) is 9.94. The van der Waals surface area contributed by atoms with Crippen LogP contribution in [0, 0.1) is 11.8 Å². The molecule has 3 saturated heterocycles. The smallest absolute Gasteiger partial charge is 0.220 e. The maximum absolute atomic E-state index is 12.3. The van der Waals surface area contributed by atoms with Crippen LogP contribution in [0.2, 0.25) is 0 Å². The molecule has 31 heavy (non-hydrogen) atoms. The van der Waals surface area contributed by atoms with Gasteiger partial charge in [0, 0.05) is 71.4 Å². The number of piperidine rings is 2. The molecule has 3 aliphatic heterocycles. The van der Waals surface area contributed by atoms with Gasteiger partial charge in [-0.3, -0.25) is 14.6 Å². The fraction of sp³-hybridized carbons (Fsp3) is 0.720. The van der Waals surface area contributed by atoms with Crippen LogP contribution in [0.5, 0.6) is 0 Å². The molecule has 3 atom stereocenters. The van der Waals surface area contributed by atoms with Crippen molar-refractivity contribution in [1.82, 2.24) is 25.3 Å². The number of fused-ring (bicyclic) bond motifs is 2. The summed E-state index contributed by atoms with van der Waals surface area (Å²) in [5, 5.41) is 6.93. The molecule has 0 spiro atoms. The van der Waals surface area contributed by atoms with Crippen molar-refractivity contribution < 1.29 is 4.79 Å². The molecule has 0 unspecified atom stereocenters. The predicted molar refractivity (Wildman–Crippen MR) is 126 cm³/mol. The quantitative estimate of drug-likeness (QED) is 0.627. The van der Waals surface area contributed by atoms with Gasteiger partial charge >= 0.3 is 0 Å². The van der Waals surface area contributed by atoms with Gasteiger partial charge in [0.2, 0.25) is 5.91 Å². The van der Waals surface area contributed by atoms with E-state index in [-0.39, 0.29) is 5.91 Å². The fourth-order valence-electron chi connectivity index (χ4n) is 5.58. The van der Waals surface area contributed by atoms with Crippen LogP contribution in [0.15, 0.2) is 30.3 Å². The number of amides is 1.